The Morgan fingerprint density at radius 2 is 1.84 bits per heavy atom. The molecule has 3 rings (SSSR count). The molecule has 0 saturated carbocycles. The molecule has 0 aliphatic carbocycles. The Kier molecular flexibility index (Phi) is 6.80. The largest absolute Gasteiger partial charge is 0.497 e. The molecule has 0 aliphatic rings. The number of carbonyl (C=O) groups is 2. The quantitative estimate of drug-likeness (QED) is 0.403. The Hall–Kier alpha value is -4.39. The van der Waals surface area contributed by atoms with Crippen LogP contribution in [0.15, 0.2) is 66.9 Å². The van der Waals surface area contributed by atoms with Crippen LogP contribution in [0.3, 0.4) is 0 Å². The molecule has 0 saturated heterocycles. The van der Waals surface area contributed by atoms with Gasteiger partial charge < -0.3 is 21.5 Å². The van der Waals surface area contributed by atoms with Gasteiger partial charge in [0.15, 0.2) is 0 Å². The van der Waals surface area contributed by atoms with E-state index in [0.717, 1.165) is 16.8 Å². The predicted molar refractivity (Wildman–Crippen MR) is 123 cm³/mol. The summed E-state index contributed by atoms with van der Waals surface area (Å²) < 4.78 is 5.14. The van der Waals surface area contributed by atoms with Crippen LogP contribution in [0.5, 0.6) is 5.75 Å². The Balaban J connectivity index is 1.62. The molecule has 0 fully saturated rings. The first kappa shape index (κ1) is 21.3. The van der Waals surface area contributed by atoms with E-state index >= 15 is 0 Å². The van der Waals surface area contributed by atoms with Crippen molar-refractivity contribution in [2.24, 2.45) is 5.73 Å². The second kappa shape index (κ2) is 9.89. The zero-order valence-corrected chi connectivity index (χ0v) is 16.9. The molecule has 1 heterocycles. The number of hydrogen-bond donors (Lipinski definition) is 3. The third-order valence-electron chi connectivity index (χ3n) is 4.37. The molecule has 2 aromatic carbocycles. The van der Waals surface area contributed by atoms with Gasteiger partial charge in [0.1, 0.15) is 5.75 Å². The fourth-order valence-electron chi connectivity index (χ4n) is 2.71. The van der Waals surface area contributed by atoms with Crippen LogP contribution < -0.4 is 21.5 Å². The van der Waals surface area contributed by atoms with Crippen LogP contribution in [-0.2, 0) is 4.79 Å². The van der Waals surface area contributed by atoms with Crippen molar-refractivity contribution in [2.75, 3.05) is 18.2 Å². The number of amides is 2. The Morgan fingerprint density at radius 3 is 2.55 bits per heavy atom. The van der Waals surface area contributed by atoms with E-state index in [9.17, 15) is 9.59 Å². The molecule has 7 nitrogen and oxygen atoms in total. The van der Waals surface area contributed by atoms with Crippen LogP contribution in [0.25, 0.3) is 18.2 Å². The van der Waals surface area contributed by atoms with E-state index in [1.165, 1.54) is 6.08 Å². The number of nitrogens with two attached hydrogens (primary N) is 2. The fourth-order valence-corrected chi connectivity index (χ4v) is 2.71. The predicted octanol–water partition coefficient (Wildman–Crippen LogP) is 3.59. The molecule has 0 atom stereocenters. The second-order valence-electron chi connectivity index (χ2n) is 6.62. The molecule has 0 spiro atoms. The van der Waals surface area contributed by atoms with E-state index in [1.54, 1.807) is 55.8 Å². The highest BCUT2D eigenvalue weighted by Gasteiger charge is 2.04. The monoisotopic (exact) mass is 414 g/mol. The zero-order valence-electron chi connectivity index (χ0n) is 16.9. The lowest BCUT2D eigenvalue weighted by molar-refractivity contribution is -0.111. The van der Waals surface area contributed by atoms with Gasteiger partial charge in [-0.15, -0.1) is 0 Å². The van der Waals surface area contributed by atoms with Gasteiger partial charge in [0.05, 0.1) is 24.2 Å². The van der Waals surface area contributed by atoms with Crippen LogP contribution in [0.2, 0.25) is 0 Å². The van der Waals surface area contributed by atoms with Gasteiger partial charge in [-0.1, -0.05) is 24.3 Å². The standard InChI is InChI=1S/C24H22N4O3/c1-31-20-10-11-21(25)22(14-20)28-23(29)12-7-17-6-9-19(27-15-17)8-5-16-3-2-4-18(13-16)24(26)30/h2-15H,25H2,1H3,(H2,26,30)(H,28,29)/b8-5+,12-7+. The van der Waals surface area contributed by atoms with E-state index in [4.69, 9.17) is 16.2 Å². The van der Waals surface area contributed by atoms with Crippen molar-refractivity contribution in [2.45, 2.75) is 0 Å². The summed E-state index contributed by atoms with van der Waals surface area (Å²) in [7, 11) is 1.54. The number of nitrogens with one attached hydrogen (secondary N) is 1. The average Bonchev–Trinajstić information content (AvgIpc) is 2.78. The van der Waals surface area contributed by atoms with Crippen molar-refractivity contribution in [1.82, 2.24) is 4.98 Å². The highest BCUT2D eigenvalue weighted by molar-refractivity contribution is 6.03. The fraction of sp³-hybridized carbons (Fsp3) is 0.0417. The normalized spacial score (nSPS) is 11.0. The molecule has 0 aliphatic heterocycles. The number of carbonyl (C=O) groups excluding carboxylic acids is 2. The van der Waals surface area contributed by atoms with Gasteiger partial charge in [0, 0.05) is 23.9 Å². The highest BCUT2D eigenvalue weighted by atomic mass is 16.5. The molecule has 0 unspecified atom stereocenters. The second-order valence-corrected chi connectivity index (χ2v) is 6.62. The van der Waals surface area contributed by atoms with Crippen LogP contribution >= 0.6 is 0 Å². The SMILES string of the molecule is COc1ccc(N)c(NC(=O)/C=C/c2ccc(/C=C/c3cccc(C(N)=O)c3)nc2)c1. The summed E-state index contributed by atoms with van der Waals surface area (Å²) in [6, 6.07) is 15.7. The minimum Gasteiger partial charge on any atom is -0.497 e. The topological polar surface area (TPSA) is 120 Å². The first-order valence-electron chi connectivity index (χ1n) is 9.41. The first-order valence-corrected chi connectivity index (χ1v) is 9.41. The number of pyridine rings is 1. The number of primary amides is 1. The number of benzene rings is 2. The number of rotatable bonds is 7. The first-order chi connectivity index (χ1) is 14.9. The van der Waals surface area contributed by atoms with Gasteiger partial charge in [-0.25, -0.2) is 0 Å². The maximum atomic E-state index is 12.2. The third kappa shape index (κ3) is 6.04. The molecular formula is C24H22N4O3. The van der Waals surface area contributed by atoms with E-state index in [0.29, 0.717) is 22.7 Å². The zero-order chi connectivity index (χ0) is 22.2. The maximum Gasteiger partial charge on any atom is 0.248 e. The van der Waals surface area contributed by atoms with Crippen molar-refractivity contribution in [3.8, 4) is 5.75 Å². The smallest absolute Gasteiger partial charge is 0.248 e. The van der Waals surface area contributed by atoms with E-state index in [2.05, 4.69) is 10.3 Å². The summed E-state index contributed by atoms with van der Waals surface area (Å²) in [5, 5.41) is 2.72. The van der Waals surface area contributed by atoms with Crippen LogP contribution in [-0.4, -0.2) is 23.9 Å². The summed E-state index contributed by atoms with van der Waals surface area (Å²) in [6.45, 7) is 0. The lowest BCUT2D eigenvalue weighted by Gasteiger charge is -2.08. The molecule has 31 heavy (non-hydrogen) atoms. The molecule has 0 radical (unpaired) electrons. The molecular weight excluding hydrogens is 392 g/mol. The molecule has 7 heteroatoms. The number of hydrogen-bond acceptors (Lipinski definition) is 5. The summed E-state index contributed by atoms with van der Waals surface area (Å²) in [6.07, 6.45) is 8.38. The Bertz CT molecular complexity index is 1150. The van der Waals surface area contributed by atoms with E-state index in [-0.39, 0.29) is 5.91 Å². The maximum absolute atomic E-state index is 12.2. The minimum absolute atomic E-state index is 0.321. The number of aromatic nitrogens is 1. The van der Waals surface area contributed by atoms with Gasteiger partial charge >= 0.3 is 0 Å². The molecule has 156 valence electrons. The summed E-state index contributed by atoms with van der Waals surface area (Å²) in [5.41, 5.74) is 14.9. The van der Waals surface area contributed by atoms with Gasteiger partial charge in [0.25, 0.3) is 0 Å². The van der Waals surface area contributed by atoms with E-state index in [1.807, 2.05) is 30.4 Å². The average molecular weight is 414 g/mol. The van der Waals surface area contributed by atoms with Gasteiger partial charge in [-0.05, 0) is 53.6 Å². The van der Waals surface area contributed by atoms with Crippen LogP contribution in [0, 0.1) is 0 Å². The Morgan fingerprint density at radius 1 is 1.00 bits per heavy atom. The lowest BCUT2D eigenvalue weighted by atomic mass is 10.1. The number of nitrogen functional groups attached to an aromatic ring is 1. The number of methoxy groups -OCH3 is 1. The summed E-state index contributed by atoms with van der Waals surface area (Å²) in [4.78, 5) is 27.8. The molecule has 2 amide bonds. The Labute approximate surface area is 180 Å². The van der Waals surface area contributed by atoms with Gasteiger partial charge in [0.2, 0.25) is 11.8 Å². The third-order valence-corrected chi connectivity index (χ3v) is 4.37. The van der Waals surface area contributed by atoms with Crippen molar-refractivity contribution < 1.29 is 14.3 Å². The highest BCUT2D eigenvalue weighted by Crippen LogP contribution is 2.24. The van der Waals surface area contributed by atoms with Crippen molar-refractivity contribution in [3.63, 3.8) is 0 Å². The minimum atomic E-state index is -0.470. The molecule has 1 aromatic heterocycles. The summed E-state index contributed by atoms with van der Waals surface area (Å²) in [5.74, 6) is -0.191. The van der Waals surface area contributed by atoms with E-state index < -0.39 is 5.91 Å². The van der Waals surface area contributed by atoms with Crippen LogP contribution in [0.4, 0.5) is 11.4 Å². The van der Waals surface area contributed by atoms with Gasteiger partial charge in [-0.2, -0.15) is 0 Å². The lowest BCUT2D eigenvalue weighted by Crippen LogP contribution is -2.10. The molecule has 5 N–H and O–H groups in total. The van der Waals surface area contributed by atoms with Crippen molar-refractivity contribution in [3.05, 3.63) is 89.3 Å². The molecule has 3 aromatic rings. The van der Waals surface area contributed by atoms with Crippen LogP contribution in [0.1, 0.15) is 27.2 Å². The molecule has 0 bridgehead atoms. The number of nitrogens with zero attached hydrogens (tertiary/aromatic N) is 1. The van der Waals surface area contributed by atoms with Crippen molar-refractivity contribution in [1.29, 1.82) is 0 Å². The summed E-state index contributed by atoms with van der Waals surface area (Å²) >= 11 is 0. The van der Waals surface area contributed by atoms with Crippen molar-refractivity contribution >= 4 is 41.4 Å². The number of ether oxygens (including phenoxy) is 1. The number of anilines is 2. The van der Waals surface area contributed by atoms with Gasteiger partial charge in [-0.3, -0.25) is 14.6 Å².